The van der Waals surface area contributed by atoms with Crippen LogP contribution in [0.15, 0.2) is 232 Å². The van der Waals surface area contributed by atoms with Crippen LogP contribution in [-0.4, -0.2) is 213 Å². The zero-order valence-corrected chi connectivity index (χ0v) is 77.1. The number of nitrogens with one attached hydrogen (secondary N) is 7. The number of para-hydroxylation sites is 4. The van der Waals surface area contributed by atoms with Gasteiger partial charge in [0.05, 0.1) is 86.9 Å². The summed E-state index contributed by atoms with van der Waals surface area (Å²) in [4.78, 5) is 88.7. The Balaban J connectivity index is 0.000000108. The highest BCUT2D eigenvalue weighted by Gasteiger charge is 2.36. The second kappa shape index (κ2) is 39.4. The number of benzene rings is 9. The minimum atomic E-state index is -2.65. The molecule has 0 saturated carbocycles. The summed E-state index contributed by atoms with van der Waals surface area (Å²) in [6.45, 7) is 16.6. The van der Waals surface area contributed by atoms with Crippen LogP contribution in [0.5, 0.6) is 11.5 Å². The van der Waals surface area contributed by atoms with Gasteiger partial charge in [-0.25, -0.2) is 52.4 Å². The molecule has 0 amide bonds. The molecular formula is C102H96F4N30O5. The predicted octanol–water partition coefficient (Wildman–Crippen LogP) is 16.7. The maximum absolute atomic E-state index is 14.1. The van der Waals surface area contributed by atoms with Crippen molar-refractivity contribution in [2.24, 2.45) is 0 Å². The fourth-order valence-electron chi connectivity index (χ4n) is 17.6. The molecule has 4 fully saturated rings. The number of anilines is 8. The summed E-state index contributed by atoms with van der Waals surface area (Å²) >= 11 is 0. The average molecular weight is 1900 g/mol. The predicted molar refractivity (Wildman–Crippen MR) is 532 cm³/mol. The number of fused-ring (bicyclic) bond motifs is 8. The van der Waals surface area contributed by atoms with E-state index in [4.69, 9.17) is 73.5 Å². The maximum Gasteiger partial charge on any atom is 0.251 e. The first-order valence-corrected chi connectivity index (χ1v) is 46.6. The molecule has 25 rings (SSSR count). The normalized spacial score (nSPS) is 14.7. The molecule has 0 unspecified atom stereocenters. The Bertz CT molecular complexity index is 7870. The standard InChI is InChI=1S/C29H26N8O.C25H24F2N8.C24H22F2N8O.C24H24N6O3/c1-2-7-20(8-3-1)21-9-6-10-22(17-21)37-19-31-26-27(30-18-25-32-23-11-4-5-12-24(23)33-25)34-29(35-28(26)37)36-13-15-38-16-14-36;1-16-5-4-6-17(13-16)35-15-29-21-22(28-14-20-30-18-7-2-3-8-19(18)31-20)32-24(33-23(21)35)34-11-9-25(26,27)10-12-34;1-14-3-2-4-15(11-14)34-13-28-21-22(31-24(32-23(21)34)33-7-9-35-10-8-33)27-12-18-29-17-6-5-16(25)19(26)20(17)30-18;1-16-3-2-4-18(11-16)30-14-26-21-22(25-13-17-5-6-19-20(12-17)33-15-32-19)27-24(28-23(21)30)29-7-9-31-10-8-29/h1-12,17,19H,13-16,18H2,(H,32,33)(H,30,34,35);2-8,13,15H,9-12,14H2,1H3,(H,30,31)(H,28,32,33);2-6,11,13H,7-10,12H2,1H3,(H,29,30)(H,27,31,32);2-6,11-12,14H,7-10,13,15H2,1H3,(H,25,27,28). The summed E-state index contributed by atoms with van der Waals surface area (Å²) in [6, 6.07) is 67.5. The van der Waals surface area contributed by atoms with Gasteiger partial charge in [0.2, 0.25) is 30.6 Å². The minimum absolute atomic E-state index is 0.0348. The molecule has 9 aromatic carbocycles. The van der Waals surface area contributed by atoms with E-state index in [2.05, 4.69) is 156 Å². The number of rotatable bonds is 21. The molecule has 5 aliphatic rings. The van der Waals surface area contributed by atoms with Crippen molar-refractivity contribution in [3.63, 3.8) is 0 Å². The SMILES string of the molecule is Cc1cccc(-n2cnc3c(NCc4ccc5c(c4)OCO5)nc(N4CCOCC4)nc32)c1.Cc1cccc(-n2cnc3c(NCc4nc5c(F)c(F)ccc5[nH]4)nc(N4CCOCC4)nc32)c1.Cc1cccc(-n2cnc3c(NCc4nc5ccccc5[nH]4)nc(N4CCC(F)(F)CC4)nc32)c1.c1ccc(-c2cccc(-n3cnc4c(NCc5nc6ccccc6[nH]5)nc(N5CCOCC5)nc43)c2)cc1. The highest BCUT2D eigenvalue weighted by atomic mass is 19.3. The van der Waals surface area contributed by atoms with Crippen LogP contribution in [0.2, 0.25) is 0 Å². The highest BCUT2D eigenvalue weighted by molar-refractivity contribution is 5.90. The van der Waals surface area contributed by atoms with Gasteiger partial charge in [-0.15, -0.1) is 0 Å². The number of morpholine rings is 3. The Morgan fingerprint density at radius 2 is 0.709 bits per heavy atom. The van der Waals surface area contributed by atoms with E-state index in [1.807, 2.05) is 171 Å². The molecule has 11 aromatic heterocycles. The van der Waals surface area contributed by atoms with Crippen LogP contribution in [0.25, 0.3) is 112 Å². The molecule has 35 nitrogen and oxygen atoms in total. The summed E-state index contributed by atoms with van der Waals surface area (Å²) in [5, 5.41) is 13.5. The summed E-state index contributed by atoms with van der Waals surface area (Å²) in [6.07, 6.45) is 6.64. The van der Waals surface area contributed by atoms with E-state index >= 15 is 0 Å². The lowest BCUT2D eigenvalue weighted by molar-refractivity contribution is -0.0222. The Kier molecular flexibility index (Phi) is 25.0. The Morgan fingerprint density at radius 1 is 0.333 bits per heavy atom. The molecular weight excluding hydrogens is 1800 g/mol. The Labute approximate surface area is 803 Å². The van der Waals surface area contributed by atoms with E-state index in [-0.39, 0.29) is 44.8 Å². The number of piperidine rings is 1. The van der Waals surface area contributed by atoms with Gasteiger partial charge in [0.15, 0.2) is 91.1 Å². The van der Waals surface area contributed by atoms with E-state index < -0.39 is 17.6 Å². The monoisotopic (exact) mass is 1900 g/mol. The average Bonchev–Trinajstić information content (AvgIpc) is 1.65. The molecule has 5 aliphatic heterocycles. The van der Waals surface area contributed by atoms with Crippen molar-refractivity contribution in [3.8, 4) is 45.4 Å². The number of aromatic nitrogens is 22. The van der Waals surface area contributed by atoms with Gasteiger partial charge in [-0.3, -0.25) is 18.3 Å². The fourth-order valence-corrected chi connectivity index (χ4v) is 17.6. The topological polar surface area (TPSA) is 368 Å². The third kappa shape index (κ3) is 19.4. The van der Waals surface area contributed by atoms with Crippen molar-refractivity contribution in [2.75, 3.05) is 140 Å². The van der Waals surface area contributed by atoms with Crippen LogP contribution >= 0.6 is 0 Å². The summed E-state index contributed by atoms with van der Waals surface area (Å²) in [5.74, 6) is 3.77. The number of ether oxygens (including phenoxy) is 5. The van der Waals surface area contributed by atoms with Crippen molar-refractivity contribution >= 4 is 125 Å². The summed E-state index contributed by atoms with van der Waals surface area (Å²) in [5.41, 5.74) is 20.3. The largest absolute Gasteiger partial charge is 0.454 e. The number of halogens is 4. The van der Waals surface area contributed by atoms with E-state index in [1.165, 1.54) is 11.6 Å². The maximum atomic E-state index is 14.1. The third-order valence-corrected chi connectivity index (χ3v) is 24.9. The zero-order chi connectivity index (χ0) is 95.4. The van der Waals surface area contributed by atoms with Crippen LogP contribution in [0.3, 0.4) is 0 Å². The van der Waals surface area contributed by atoms with Gasteiger partial charge in [-0.2, -0.15) is 39.9 Å². The first-order valence-electron chi connectivity index (χ1n) is 46.6. The van der Waals surface area contributed by atoms with Crippen molar-refractivity contribution in [3.05, 3.63) is 283 Å². The minimum Gasteiger partial charge on any atom is -0.454 e. The number of H-pyrrole nitrogens is 3. The quantitative estimate of drug-likeness (QED) is 0.0329. The molecule has 4 saturated heterocycles. The van der Waals surface area contributed by atoms with Crippen molar-refractivity contribution in [2.45, 2.75) is 65.7 Å². The highest BCUT2D eigenvalue weighted by Crippen LogP contribution is 2.38. The van der Waals surface area contributed by atoms with Crippen molar-refractivity contribution in [1.29, 1.82) is 0 Å². The first kappa shape index (κ1) is 89.4. The molecule has 7 N–H and O–H groups in total. The van der Waals surface area contributed by atoms with Crippen LogP contribution in [0, 0.1) is 32.4 Å². The Morgan fingerprint density at radius 3 is 1.14 bits per heavy atom. The lowest BCUT2D eigenvalue weighted by atomic mass is 10.1. The van der Waals surface area contributed by atoms with Crippen LogP contribution in [0.4, 0.5) is 64.6 Å². The molecule has 39 heteroatoms. The third-order valence-electron chi connectivity index (χ3n) is 24.9. The number of aryl methyl sites for hydroxylation is 3. The van der Waals surface area contributed by atoms with Gasteiger partial charge in [0.25, 0.3) is 5.92 Å². The van der Waals surface area contributed by atoms with Crippen molar-refractivity contribution in [1.82, 2.24) is 108 Å². The van der Waals surface area contributed by atoms with Crippen LogP contribution in [-0.2, 0) is 40.4 Å². The number of hydrogen-bond acceptors (Lipinski definition) is 28. The zero-order valence-electron chi connectivity index (χ0n) is 77.1. The molecule has 0 aliphatic carbocycles. The van der Waals surface area contributed by atoms with Crippen LogP contribution < -0.4 is 50.3 Å². The molecule has 0 radical (unpaired) electrons. The van der Waals surface area contributed by atoms with Crippen molar-refractivity contribution < 1.29 is 41.2 Å². The van der Waals surface area contributed by atoms with E-state index in [1.54, 1.807) is 12.7 Å². The molecule has 0 atom stereocenters. The van der Waals surface area contributed by atoms with E-state index in [0.717, 1.165) is 145 Å². The molecule has 0 bridgehead atoms. The number of aromatic amines is 3. The summed E-state index contributed by atoms with van der Waals surface area (Å²) < 4.78 is 90.6. The molecule has 712 valence electrons. The fraction of sp³-hybridized carbons (Fsp3) is 0.245. The van der Waals surface area contributed by atoms with Gasteiger partial charge in [-0.1, -0.05) is 109 Å². The smallest absolute Gasteiger partial charge is 0.251 e. The lowest BCUT2D eigenvalue weighted by Crippen LogP contribution is -2.40. The number of nitrogens with zero attached hydrogens (tertiary/aromatic N) is 23. The van der Waals surface area contributed by atoms with Gasteiger partial charge in [-0.05, 0) is 151 Å². The molecule has 141 heavy (non-hydrogen) atoms. The second-order valence-electron chi connectivity index (χ2n) is 34.7. The molecule has 16 heterocycles. The van der Waals surface area contributed by atoms with E-state index in [0.29, 0.717) is 159 Å². The van der Waals surface area contributed by atoms with Gasteiger partial charge in [0, 0.05) is 94.5 Å². The Hall–Kier alpha value is -16.8. The lowest BCUT2D eigenvalue weighted by Gasteiger charge is -2.31. The van der Waals surface area contributed by atoms with Gasteiger partial charge in [0.1, 0.15) is 48.3 Å². The number of hydrogen-bond donors (Lipinski definition) is 7. The summed E-state index contributed by atoms with van der Waals surface area (Å²) in [7, 11) is 0. The number of alkyl halides is 2. The van der Waals surface area contributed by atoms with Crippen LogP contribution in [0.1, 0.15) is 52.6 Å². The molecule has 0 spiro atoms. The van der Waals surface area contributed by atoms with Gasteiger partial charge >= 0.3 is 0 Å². The number of imidazole rings is 7. The van der Waals surface area contributed by atoms with E-state index in [9.17, 15) is 17.6 Å². The molecule has 20 aromatic rings. The van der Waals surface area contributed by atoms with Gasteiger partial charge < -0.3 is 79.5 Å². The second-order valence-corrected chi connectivity index (χ2v) is 34.7. The first-order chi connectivity index (χ1) is 69.1.